The molecule has 4 rings (SSSR count). The molecule has 1 aliphatic rings. The summed E-state index contributed by atoms with van der Waals surface area (Å²) >= 11 is 0. The summed E-state index contributed by atoms with van der Waals surface area (Å²) < 4.78 is 55.3. The molecular formula is C18H19N5O4S2. The summed E-state index contributed by atoms with van der Waals surface area (Å²) in [5.74, 6) is 0. The fraction of sp³-hybridized carbons (Fsp3) is 0.222. The Morgan fingerprint density at radius 3 is 1.93 bits per heavy atom. The lowest BCUT2D eigenvalue weighted by Gasteiger charge is -2.32. The van der Waals surface area contributed by atoms with Gasteiger partial charge in [-0.3, -0.25) is 4.98 Å². The van der Waals surface area contributed by atoms with Gasteiger partial charge in [0.25, 0.3) is 0 Å². The number of nitrogens with zero attached hydrogens (tertiary/aromatic N) is 5. The molecule has 0 radical (unpaired) electrons. The van der Waals surface area contributed by atoms with Crippen molar-refractivity contribution in [2.45, 2.75) is 9.79 Å². The van der Waals surface area contributed by atoms with Crippen molar-refractivity contribution in [1.82, 2.24) is 23.4 Å². The molecule has 1 fully saturated rings. The molecule has 9 nitrogen and oxygen atoms in total. The summed E-state index contributed by atoms with van der Waals surface area (Å²) in [6.07, 6.45) is 5.56. The van der Waals surface area contributed by atoms with Crippen LogP contribution in [0.3, 0.4) is 0 Å². The van der Waals surface area contributed by atoms with Gasteiger partial charge in [0.05, 0.1) is 18.1 Å². The summed E-state index contributed by atoms with van der Waals surface area (Å²) in [6, 6.07) is 12.2. The SMILES string of the molecule is O=S(=O)(c1cccnc1)N1CCN(S(=O)(=O)c2cnn(-c3ccccc3)c2)CC1. The lowest BCUT2D eigenvalue weighted by Crippen LogP contribution is -2.50. The predicted molar refractivity (Wildman–Crippen MR) is 105 cm³/mol. The minimum absolute atomic E-state index is 0.0678. The molecule has 0 saturated carbocycles. The molecule has 0 aliphatic carbocycles. The van der Waals surface area contributed by atoms with E-state index in [1.54, 1.807) is 6.07 Å². The van der Waals surface area contributed by atoms with Gasteiger partial charge >= 0.3 is 0 Å². The Morgan fingerprint density at radius 1 is 0.724 bits per heavy atom. The summed E-state index contributed by atoms with van der Waals surface area (Å²) in [5, 5.41) is 4.14. The van der Waals surface area contributed by atoms with Crippen molar-refractivity contribution in [1.29, 1.82) is 0 Å². The van der Waals surface area contributed by atoms with Crippen LogP contribution < -0.4 is 0 Å². The number of piperazine rings is 1. The van der Waals surface area contributed by atoms with Crippen LogP contribution in [0.4, 0.5) is 0 Å². The molecule has 1 aliphatic heterocycles. The second kappa shape index (κ2) is 7.67. The van der Waals surface area contributed by atoms with Crippen LogP contribution in [0.1, 0.15) is 0 Å². The van der Waals surface area contributed by atoms with Crippen molar-refractivity contribution in [2.75, 3.05) is 26.2 Å². The Kier molecular flexibility index (Phi) is 5.21. The average Bonchev–Trinajstić information content (AvgIpc) is 3.26. The first kappa shape index (κ1) is 19.7. The second-order valence-electron chi connectivity index (χ2n) is 6.45. The summed E-state index contributed by atoms with van der Waals surface area (Å²) in [4.78, 5) is 4.02. The molecule has 2 aromatic heterocycles. The third-order valence-corrected chi connectivity index (χ3v) is 8.42. The van der Waals surface area contributed by atoms with Crippen LogP contribution in [-0.4, -0.2) is 66.4 Å². The van der Waals surface area contributed by atoms with Crippen molar-refractivity contribution in [3.63, 3.8) is 0 Å². The van der Waals surface area contributed by atoms with Gasteiger partial charge in [0.1, 0.15) is 9.79 Å². The number of aromatic nitrogens is 3. The van der Waals surface area contributed by atoms with E-state index in [9.17, 15) is 16.8 Å². The summed E-state index contributed by atoms with van der Waals surface area (Å²) in [5.41, 5.74) is 0.751. The maximum atomic E-state index is 13.0. The van der Waals surface area contributed by atoms with Crippen molar-refractivity contribution < 1.29 is 16.8 Å². The molecule has 0 amide bonds. The Labute approximate surface area is 169 Å². The molecule has 0 unspecified atom stereocenters. The predicted octanol–water partition coefficient (Wildman–Crippen LogP) is 0.962. The summed E-state index contributed by atoms with van der Waals surface area (Å²) in [6.45, 7) is 0.281. The van der Waals surface area contributed by atoms with Gasteiger partial charge in [-0.2, -0.15) is 13.7 Å². The standard InChI is InChI=1S/C18H19N5O4S2/c24-28(25,17-7-4-8-19-13-17)21-9-11-22(12-10-21)29(26,27)18-14-20-23(15-18)16-5-2-1-3-6-16/h1-8,13-15H,9-12H2. The van der Waals surface area contributed by atoms with Crippen LogP contribution in [-0.2, 0) is 20.0 Å². The zero-order chi connectivity index (χ0) is 20.5. The van der Waals surface area contributed by atoms with E-state index >= 15 is 0 Å². The number of hydrogen-bond acceptors (Lipinski definition) is 6. The molecule has 11 heteroatoms. The first-order valence-corrected chi connectivity index (χ1v) is 11.8. The number of benzene rings is 1. The Morgan fingerprint density at radius 2 is 1.34 bits per heavy atom. The van der Waals surface area contributed by atoms with Gasteiger partial charge < -0.3 is 0 Å². The zero-order valence-electron chi connectivity index (χ0n) is 15.4. The molecule has 0 N–H and O–H groups in total. The fourth-order valence-corrected chi connectivity index (χ4v) is 5.85. The quantitative estimate of drug-likeness (QED) is 0.594. The largest absolute Gasteiger partial charge is 0.263 e. The molecule has 3 aromatic rings. The lowest BCUT2D eigenvalue weighted by molar-refractivity contribution is 0.273. The van der Waals surface area contributed by atoms with Crippen molar-refractivity contribution >= 4 is 20.0 Å². The number of rotatable bonds is 5. The highest BCUT2D eigenvalue weighted by Crippen LogP contribution is 2.21. The minimum atomic E-state index is -3.77. The first-order chi connectivity index (χ1) is 13.9. The van der Waals surface area contributed by atoms with Crippen LogP contribution in [0.5, 0.6) is 0 Å². The third-order valence-electron chi connectivity index (χ3n) is 4.69. The molecule has 0 atom stereocenters. The fourth-order valence-electron chi connectivity index (χ4n) is 3.11. The molecular weight excluding hydrogens is 414 g/mol. The monoisotopic (exact) mass is 433 g/mol. The molecule has 3 heterocycles. The van der Waals surface area contributed by atoms with E-state index in [0.717, 1.165) is 5.69 Å². The van der Waals surface area contributed by atoms with Crippen molar-refractivity contribution in [2.24, 2.45) is 0 Å². The first-order valence-electron chi connectivity index (χ1n) is 8.89. The van der Waals surface area contributed by atoms with Gasteiger partial charge in [0, 0.05) is 38.6 Å². The van der Waals surface area contributed by atoms with E-state index in [1.165, 1.54) is 44.1 Å². The highest BCUT2D eigenvalue weighted by atomic mass is 32.2. The van der Waals surface area contributed by atoms with Gasteiger partial charge in [0.15, 0.2) is 0 Å². The highest BCUT2D eigenvalue weighted by Gasteiger charge is 2.34. The maximum Gasteiger partial charge on any atom is 0.246 e. The Bertz CT molecular complexity index is 1190. The maximum absolute atomic E-state index is 13.0. The van der Waals surface area contributed by atoms with E-state index in [1.807, 2.05) is 30.3 Å². The van der Waals surface area contributed by atoms with Gasteiger partial charge in [0.2, 0.25) is 20.0 Å². The van der Waals surface area contributed by atoms with E-state index in [4.69, 9.17) is 0 Å². The molecule has 152 valence electrons. The third kappa shape index (κ3) is 3.81. The molecule has 0 bridgehead atoms. The zero-order valence-corrected chi connectivity index (χ0v) is 17.0. The van der Waals surface area contributed by atoms with Gasteiger partial charge in [-0.05, 0) is 24.3 Å². The van der Waals surface area contributed by atoms with Crippen LogP contribution >= 0.6 is 0 Å². The molecule has 29 heavy (non-hydrogen) atoms. The summed E-state index contributed by atoms with van der Waals surface area (Å²) in [7, 11) is -7.46. The average molecular weight is 434 g/mol. The Balaban J connectivity index is 1.49. The van der Waals surface area contributed by atoms with Crippen molar-refractivity contribution in [3.8, 4) is 5.69 Å². The number of para-hydroxylation sites is 1. The molecule has 0 spiro atoms. The number of pyridine rings is 1. The topological polar surface area (TPSA) is 105 Å². The van der Waals surface area contributed by atoms with Crippen LogP contribution in [0.25, 0.3) is 5.69 Å². The number of sulfonamides is 2. The van der Waals surface area contributed by atoms with Gasteiger partial charge in [-0.15, -0.1) is 0 Å². The number of hydrogen-bond donors (Lipinski definition) is 0. The smallest absolute Gasteiger partial charge is 0.246 e. The normalized spacial score (nSPS) is 16.7. The molecule has 1 aromatic carbocycles. The van der Waals surface area contributed by atoms with E-state index in [2.05, 4.69) is 10.1 Å². The van der Waals surface area contributed by atoms with Crippen molar-refractivity contribution in [3.05, 3.63) is 67.3 Å². The van der Waals surface area contributed by atoms with Crippen LogP contribution in [0, 0.1) is 0 Å². The molecule has 1 saturated heterocycles. The second-order valence-corrected chi connectivity index (χ2v) is 10.3. The van der Waals surface area contributed by atoms with E-state index in [-0.39, 0.29) is 36.0 Å². The van der Waals surface area contributed by atoms with Crippen LogP contribution in [0.2, 0.25) is 0 Å². The van der Waals surface area contributed by atoms with E-state index < -0.39 is 20.0 Å². The van der Waals surface area contributed by atoms with Gasteiger partial charge in [-0.25, -0.2) is 21.5 Å². The van der Waals surface area contributed by atoms with Crippen LogP contribution in [0.15, 0.2) is 77.0 Å². The van der Waals surface area contributed by atoms with Gasteiger partial charge in [-0.1, -0.05) is 18.2 Å². The lowest BCUT2D eigenvalue weighted by atomic mass is 10.3. The highest BCUT2D eigenvalue weighted by molar-refractivity contribution is 7.89. The van der Waals surface area contributed by atoms with E-state index in [0.29, 0.717) is 0 Å². The minimum Gasteiger partial charge on any atom is -0.263 e. The Hall–Kier alpha value is -2.60.